The SMILES string of the molecule is COc1ccc(Oc2nc(Nc3ccc(N4CCOCC4)cc3)ncc2NC(=O)c2cccc(SC)c2)cc1. The number of carbonyl (C=O) groups is 1. The van der Waals surface area contributed by atoms with Crippen molar-refractivity contribution in [1.82, 2.24) is 9.97 Å². The van der Waals surface area contributed by atoms with Gasteiger partial charge in [0.05, 0.1) is 26.5 Å². The average Bonchev–Trinajstić information content (AvgIpc) is 2.99. The second kappa shape index (κ2) is 12.5. The second-order valence-electron chi connectivity index (χ2n) is 8.65. The molecule has 39 heavy (non-hydrogen) atoms. The van der Waals surface area contributed by atoms with Gasteiger partial charge in [-0.2, -0.15) is 4.98 Å². The lowest BCUT2D eigenvalue weighted by Gasteiger charge is -2.28. The van der Waals surface area contributed by atoms with Gasteiger partial charge in [-0.3, -0.25) is 4.79 Å². The molecule has 1 saturated heterocycles. The van der Waals surface area contributed by atoms with Crippen LogP contribution in [0, 0.1) is 0 Å². The fourth-order valence-electron chi connectivity index (χ4n) is 4.01. The molecule has 1 amide bonds. The van der Waals surface area contributed by atoms with E-state index in [-0.39, 0.29) is 11.8 Å². The van der Waals surface area contributed by atoms with Crippen molar-refractivity contribution in [3.05, 3.63) is 84.6 Å². The van der Waals surface area contributed by atoms with E-state index in [9.17, 15) is 4.79 Å². The number of nitrogens with zero attached hydrogens (tertiary/aromatic N) is 3. The molecular formula is C29H29N5O4S. The Morgan fingerprint density at radius 2 is 1.74 bits per heavy atom. The second-order valence-corrected chi connectivity index (χ2v) is 9.53. The number of ether oxygens (including phenoxy) is 3. The molecule has 1 aliphatic heterocycles. The van der Waals surface area contributed by atoms with Gasteiger partial charge in [0, 0.05) is 34.9 Å². The van der Waals surface area contributed by atoms with Gasteiger partial charge >= 0.3 is 0 Å². The normalized spacial score (nSPS) is 13.0. The molecular weight excluding hydrogens is 514 g/mol. The minimum atomic E-state index is -0.284. The first-order valence-corrected chi connectivity index (χ1v) is 13.7. The topological polar surface area (TPSA) is 97.8 Å². The van der Waals surface area contributed by atoms with Gasteiger partial charge in [0.25, 0.3) is 5.91 Å². The van der Waals surface area contributed by atoms with E-state index in [0.717, 1.165) is 42.6 Å². The van der Waals surface area contributed by atoms with Crippen LogP contribution in [0.2, 0.25) is 0 Å². The maximum atomic E-state index is 13.0. The lowest BCUT2D eigenvalue weighted by molar-refractivity contribution is 0.102. The Balaban J connectivity index is 1.37. The summed E-state index contributed by atoms with van der Waals surface area (Å²) in [7, 11) is 1.60. The summed E-state index contributed by atoms with van der Waals surface area (Å²) < 4.78 is 16.8. The highest BCUT2D eigenvalue weighted by molar-refractivity contribution is 7.98. The Hall–Kier alpha value is -4.28. The minimum Gasteiger partial charge on any atom is -0.497 e. The van der Waals surface area contributed by atoms with E-state index in [1.807, 2.05) is 36.6 Å². The molecule has 2 N–H and O–H groups in total. The number of aromatic nitrogens is 2. The lowest BCUT2D eigenvalue weighted by atomic mass is 10.2. The third-order valence-electron chi connectivity index (χ3n) is 6.11. The summed E-state index contributed by atoms with van der Waals surface area (Å²) in [4.78, 5) is 25.3. The molecule has 9 nitrogen and oxygen atoms in total. The van der Waals surface area contributed by atoms with E-state index in [1.54, 1.807) is 49.2 Å². The smallest absolute Gasteiger partial charge is 0.255 e. The highest BCUT2D eigenvalue weighted by Gasteiger charge is 2.16. The summed E-state index contributed by atoms with van der Waals surface area (Å²) in [5.41, 5.74) is 2.84. The predicted octanol–water partition coefficient (Wildman–Crippen LogP) is 5.83. The van der Waals surface area contributed by atoms with Crippen LogP contribution >= 0.6 is 11.8 Å². The summed E-state index contributed by atoms with van der Waals surface area (Å²) in [6.45, 7) is 3.21. The Bertz CT molecular complexity index is 1410. The number of anilines is 4. The number of amides is 1. The average molecular weight is 544 g/mol. The van der Waals surface area contributed by atoms with Crippen molar-refractivity contribution in [2.24, 2.45) is 0 Å². The molecule has 1 fully saturated rings. The fraction of sp³-hybridized carbons (Fsp3) is 0.207. The number of nitrogens with one attached hydrogen (secondary N) is 2. The third kappa shape index (κ3) is 6.78. The van der Waals surface area contributed by atoms with Crippen LogP contribution in [0.25, 0.3) is 0 Å². The molecule has 0 saturated carbocycles. The summed E-state index contributed by atoms with van der Waals surface area (Å²) in [6.07, 6.45) is 3.50. The molecule has 0 unspecified atom stereocenters. The van der Waals surface area contributed by atoms with Gasteiger partial charge in [-0.25, -0.2) is 4.98 Å². The molecule has 4 aromatic rings. The zero-order valence-electron chi connectivity index (χ0n) is 21.7. The van der Waals surface area contributed by atoms with Crippen molar-refractivity contribution < 1.29 is 19.0 Å². The number of thioether (sulfide) groups is 1. The van der Waals surface area contributed by atoms with Gasteiger partial charge in [0.15, 0.2) is 0 Å². The fourth-order valence-corrected chi connectivity index (χ4v) is 4.47. The van der Waals surface area contributed by atoms with Gasteiger partial charge in [-0.1, -0.05) is 6.07 Å². The molecule has 0 radical (unpaired) electrons. The number of benzene rings is 3. The van der Waals surface area contributed by atoms with E-state index in [4.69, 9.17) is 14.2 Å². The molecule has 1 aliphatic rings. The predicted molar refractivity (Wildman–Crippen MR) is 154 cm³/mol. The molecule has 2 heterocycles. The quantitative estimate of drug-likeness (QED) is 0.253. The lowest BCUT2D eigenvalue weighted by Crippen LogP contribution is -2.36. The van der Waals surface area contributed by atoms with Crippen LogP contribution in [0.5, 0.6) is 17.4 Å². The van der Waals surface area contributed by atoms with Crippen LogP contribution in [-0.2, 0) is 4.74 Å². The largest absolute Gasteiger partial charge is 0.497 e. The molecule has 3 aromatic carbocycles. The van der Waals surface area contributed by atoms with Gasteiger partial charge in [0.1, 0.15) is 17.2 Å². The van der Waals surface area contributed by atoms with Gasteiger partial charge < -0.3 is 29.7 Å². The Labute approximate surface area is 231 Å². The van der Waals surface area contributed by atoms with E-state index < -0.39 is 0 Å². The summed E-state index contributed by atoms with van der Waals surface area (Å²) in [5.74, 6) is 1.50. The monoisotopic (exact) mass is 543 g/mol. The number of hydrogen-bond acceptors (Lipinski definition) is 9. The van der Waals surface area contributed by atoms with Crippen LogP contribution < -0.4 is 25.0 Å². The van der Waals surface area contributed by atoms with Crippen LogP contribution in [-0.4, -0.2) is 55.5 Å². The summed E-state index contributed by atoms with van der Waals surface area (Å²) in [5, 5.41) is 6.11. The van der Waals surface area contributed by atoms with Crippen molar-refractivity contribution in [3.8, 4) is 17.4 Å². The number of carbonyl (C=O) groups excluding carboxylic acids is 1. The van der Waals surface area contributed by atoms with Crippen LogP contribution in [0.15, 0.2) is 83.9 Å². The maximum Gasteiger partial charge on any atom is 0.255 e. The third-order valence-corrected chi connectivity index (χ3v) is 6.83. The Morgan fingerprint density at radius 1 is 1.00 bits per heavy atom. The number of morpholine rings is 1. The van der Waals surface area contributed by atoms with E-state index in [2.05, 4.69) is 37.6 Å². The maximum absolute atomic E-state index is 13.0. The zero-order chi connectivity index (χ0) is 27.0. The summed E-state index contributed by atoms with van der Waals surface area (Å²) >= 11 is 1.57. The number of methoxy groups -OCH3 is 1. The molecule has 1 aromatic heterocycles. The molecule has 5 rings (SSSR count). The number of hydrogen-bond donors (Lipinski definition) is 2. The molecule has 0 bridgehead atoms. The van der Waals surface area contributed by atoms with Gasteiger partial charge in [-0.05, 0) is 73.0 Å². The van der Waals surface area contributed by atoms with E-state index in [0.29, 0.717) is 28.7 Å². The van der Waals surface area contributed by atoms with Gasteiger partial charge in [0.2, 0.25) is 11.8 Å². The van der Waals surface area contributed by atoms with Crippen LogP contribution in [0.3, 0.4) is 0 Å². The van der Waals surface area contributed by atoms with E-state index >= 15 is 0 Å². The standard InChI is InChI=1S/C29H29N5O4S/c1-36-23-10-12-24(13-11-23)38-28-26(32-27(35)20-4-3-5-25(18-20)39-2)19-30-29(33-28)31-21-6-8-22(9-7-21)34-14-16-37-17-15-34/h3-13,18-19H,14-17H2,1-2H3,(H,32,35)(H,30,31,33). The minimum absolute atomic E-state index is 0.206. The highest BCUT2D eigenvalue weighted by Crippen LogP contribution is 2.31. The van der Waals surface area contributed by atoms with E-state index in [1.165, 1.54) is 6.20 Å². The van der Waals surface area contributed by atoms with Crippen molar-refractivity contribution in [2.45, 2.75) is 4.90 Å². The Morgan fingerprint density at radius 3 is 2.46 bits per heavy atom. The van der Waals surface area contributed by atoms with Crippen molar-refractivity contribution in [1.29, 1.82) is 0 Å². The van der Waals surface area contributed by atoms with Crippen LogP contribution in [0.4, 0.5) is 23.0 Å². The first-order chi connectivity index (χ1) is 19.1. The highest BCUT2D eigenvalue weighted by atomic mass is 32.2. The molecule has 200 valence electrons. The first-order valence-electron chi connectivity index (χ1n) is 12.5. The molecule has 10 heteroatoms. The van der Waals surface area contributed by atoms with Crippen molar-refractivity contribution >= 4 is 40.7 Å². The van der Waals surface area contributed by atoms with Gasteiger partial charge in [-0.15, -0.1) is 11.8 Å². The van der Waals surface area contributed by atoms with Crippen molar-refractivity contribution in [3.63, 3.8) is 0 Å². The molecule has 0 aliphatic carbocycles. The summed E-state index contributed by atoms with van der Waals surface area (Å²) in [6, 6.07) is 22.6. The molecule has 0 atom stereocenters. The van der Waals surface area contributed by atoms with Crippen molar-refractivity contribution in [2.75, 3.05) is 55.2 Å². The number of rotatable bonds is 9. The molecule has 0 spiro atoms. The Kier molecular flexibility index (Phi) is 8.45. The van der Waals surface area contributed by atoms with Crippen LogP contribution in [0.1, 0.15) is 10.4 Å². The first kappa shape index (κ1) is 26.3. The zero-order valence-corrected chi connectivity index (χ0v) is 22.5.